The number of nitrogens with zero attached hydrogens (tertiary/aromatic N) is 1. The number of morpholine rings is 1. The Morgan fingerprint density at radius 1 is 1.43 bits per heavy atom. The molecule has 1 atom stereocenters. The molecular weight excluding hydrogens is 271 g/mol. The summed E-state index contributed by atoms with van der Waals surface area (Å²) in [6, 6.07) is 4.62. The number of ether oxygens (including phenoxy) is 1. The number of nitrogens with one attached hydrogen (secondary N) is 1. The van der Waals surface area contributed by atoms with E-state index >= 15 is 0 Å². The number of benzene rings is 1. The van der Waals surface area contributed by atoms with Gasteiger partial charge >= 0.3 is 0 Å². The number of hydrogen-bond donors (Lipinski definition) is 1. The van der Waals surface area contributed by atoms with E-state index in [1.807, 2.05) is 18.7 Å². The van der Waals surface area contributed by atoms with E-state index in [0.29, 0.717) is 32.8 Å². The highest BCUT2D eigenvalue weighted by Gasteiger charge is 2.21. The zero-order chi connectivity index (χ0) is 15.2. The largest absolute Gasteiger partial charge is 0.378 e. The van der Waals surface area contributed by atoms with Crippen molar-refractivity contribution in [3.05, 3.63) is 35.1 Å². The zero-order valence-electron chi connectivity index (χ0n) is 12.7. The normalized spacial score (nSPS) is 16.8. The van der Waals surface area contributed by atoms with E-state index in [4.69, 9.17) is 4.74 Å². The molecule has 1 saturated heterocycles. The molecule has 1 aromatic rings. The van der Waals surface area contributed by atoms with Crippen LogP contribution in [0.2, 0.25) is 0 Å². The third-order valence-electron chi connectivity index (χ3n) is 3.84. The maximum atomic E-state index is 13.0. The van der Waals surface area contributed by atoms with E-state index in [1.54, 1.807) is 6.07 Å². The van der Waals surface area contributed by atoms with Crippen molar-refractivity contribution in [1.82, 2.24) is 10.2 Å². The van der Waals surface area contributed by atoms with Crippen LogP contribution < -0.4 is 5.32 Å². The predicted molar refractivity (Wildman–Crippen MR) is 79.7 cm³/mol. The monoisotopic (exact) mass is 294 g/mol. The van der Waals surface area contributed by atoms with E-state index in [9.17, 15) is 9.18 Å². The first kappa shape index (κ1) is 15.9. The second-order valence-electron chi connectivity index (χ2n) is 5.43. The number of rotatable bonds is 5. The van der Waals surface area contributed by atoms with Gasteiger partial charge < -0.3 is 15.0 Å². The maximum Gasteiger partial charge on any atom is 0.239 e. The van der Waals surface area contributed by atoms with Gasteiger partial charge in [0.15, 0.2) is 0 Å². The summed E-state index contributed by atoms with van der Waals surface area (Å²) in [6.07, 6.45) is 0.785. The topological polar surface area (TPSA) is 41.6 Å². The van der Waals surface area contributed by atoms with Gasteiger partial charge in [0.25, 0.3) is 0 Å². The SMILES string of the molecule is Cc1cc(F)ccc1CCNC(C)C(=O)N1CCOCC1. The Kier molecular flexibility index (Phi) is 5.70. The van der Waals surface area contributed by atoms with Gasteiger partial charge in [0, 0.05) is 13.1 Å². The minimum Gasteiger partial charge on any atom is -0.378 e. The molecule has 0 bridgehead atoms. The van der Waals surface area contributed by atoms with Crippen LogP contribution in [0.25, 0.3) is 0 Å². The van der Waals surface area contributed by atoms with Crippen LogP contribution in [0.5, 0.6) is 0 Å². The van der Waals surface area contributed by atoms with Gasteiger partial charge in [0.2, 0.25) is 5.91 Å². The summed E-state index contributed by atoms with van der Waals surface area (Å²) in [4.78, 5) is 14.0. The van der Waals surface area contributed by atoms with Crippen molar-refractivity contribution in [2.75, 3.05) is 32.8 Å². The average Bonchev–Trinajstić information content (AvgIpc) is 2.49. The number of amides is 1. The number of aryl methyl sites for hydroxylation is 1. The minimum atomic E-state index is -0.208. The Labute approximate surface area is 125 Å². The Bertz CT molecular complexity index is 487. The third-order valence-corrected chi connectivity index (χ3v) is 3.84. The van der Waals surface area contributed by atoms with Crippen LogP contribution in [-0.4, -0.2) is 49.7 Å². The van der Waals surface area contributed by atoms with Crippen LogP contribution in [0, 0.1) is 12.7 Å². The molecule has 0 radical (unpaired) electrons. The molecule has 0 aromatic heterocycles. The first-order valence-electron chi connectivity index (χ1n) is 7.43. The minimum absolute atomic E-state index is 0.120. The first-order valence-corrected chi connectivity index (χ1v) is 7.43. The molecule has 21 heavy (non-hydrogen) atoms. The van der Waals surface area contributed by atoms with Crippen molar-refractivity contribution in [2.24, 2.45) is 0 Å². The summed E-state index contributed by atoms with van der Waals surface area (Å²) in [5, 5.41) is 3.24. The molecule has 1 heterocycles. The molecule has 1 aromatic carbocycles. The molecule has 0 aliphatic carbocycles. The molecule has 1 aliphatic rings. The second-order valence-corrected chi connectivity index (χ2v) is 5.43. The van der Waals surface area contributed by atoms with Gasteiger partial charge in [0.05, 0.1) is 19.3 Å². The predicted octanol–water partition coefficient (Wildman–Crippen LogP) is 1.51. The number of carbonyl (C=O) groups excluding carboxylic acids is 1. The van der Waals surface area contributed by atoms with E-state index < -0.39 is 0 Å². The third kappa shape index (κ3) is 4.51. The van der Waals surface area contributed by atoms with Crippen LogP contribution in [0.3, 0.4) is 0 Å². The van der Waals surface area contributed by atoms with Gasteiger partial charge in [-0.25, -0.2) is 4.39 Å². The van der Waals surface area contributed by atoms with Crippen LogP contribution in [0.1, 0.15) is 18.1 Å². The molecular formula is C16H23FN2O2. The molecule has 1 unspecified atom stereocenters. The van der Waals surface area contributed by atoms with Crippen LogP contribution in [-0.2, 0) is 16.0 Å². The standard InChI is InChI=1S/C16H23FN2O2/c1-12-11-15(17)4-3-14(12)5-6-18-13(2)16(20)19-7-9-21-10-8-19/h3-4,11,13,18H,5-10H2,1-2H3. The van der Waals surface area contributed by atoms with Gasteiger partial charge in [-0.05, 0) is 50.1 Å². The van der Waals surface area contributed by atoms with Gasteiger partial charge in [-0.2, -0.15) is 0 Å². The van der Waals surface area contributed by atoms with Crippen molar-refractivity contribution in [1.29, 1.82) is 0 Å². The number of hydrogen-bond acceptors (Lipinski definition) is 3. The molecule has 0 saturated carbocycles. The highest BCUT2D eigenvalue weighted by molar-refractivity contribution is 5.81. The van der Waals surface area contributed by atoms with Crippen LogP contribution in [0.15, 0.2) is 18.2 Å². The summed E-state index contributed by atoms with van der Waals surface area (Å²) in [6.45, 7) is 7.06. The van der Waals surface area contributed by atoms with Crippen LogP contribution >= 0.6 is 0 Å². The van der Waals surface area contributed by atoms with E-state index in [-0.39, 0.29) is 17.8 Å². The quantitative estimate of drug-likeness (QED) is 0.895. The van der Waals surface area contributed by atoms with Gasteiger partial charge in [-0.1, -0.05) is 6.07 Å². The van der Waals surface area contributed by atoms with E-state index in [1.165, 1.54) is 12.1 Å². The lowest BCUT2D eigenvalue weighted by molar-refractivity contribution is -0.137. The highest BCUT2D eigenvalue weighted by Crippen LogP contribution is 2.10. The Morgan fingerprint density at radius 3 is 2.81 bits per heavy atom. The number of halogens is 1. The molecule has 0 spiro atoms. The van der Waals surface area contributed by atoms with E-state index in [2.05, 4.69) is 5.32 Å². The Morgan fingerprint density at radius 2 is 2.14 bits per heavy atom. The molecule has 1 fully saturated rings. The number of carbonyl (C=O) groups is 1. The molecule has 116 valence electrons. The summed E-state index contributed by atoms with van der Waals surface area (Å²) in [5.74, 6) is -0.0887. The lowest BCUT2D eigenvalue weighted by Gasteiger charge is -2.29. The fourth-order valence-electron chi connectivity index (χ4n) is 2.51. The zero-order valence-corrected chi connectivity index (χ0v) is 12.7. The lowest BCUT2D eigenvalue weighted by atomic mass is 10.1. The van der Waals surface area contributed by atoms with Crippen molar-refractivity contribution in [3.63, 3.8) is 0 Å². The first-order chi connectivity index (χ1) is 10.1. The Balaban J connectivity index is 1.78. The van der Waals surface area contributed by atoms with Gasteiger partial charge in [0.1, 0.15) is 5.82 Å². The van der Waals surface area contributed by atoms with Crippen molar-refractivity contribution < 1.29 is 13.9 Å². The molecule has 2 rings (SSSR count). The summed E-state index contributed by atoms with van der Waals surface area (Å²) in [7, 11) is 0. The summed E-state index contributed by atoms with van der Waals surface area (Å²) >= 11 is 0. The lowest BCUT2D eigenvalue weighted by Crippen LogP contribution is -2.49. The highest BCUT2D eigenvalue weighted by atomic mass is 19.1. The van der Waals surface area contributed by atoms with Crippen LogP contribution in [0.4, 0.5) is 4.39 Å². The molecule has 4 nitrogen and oxygen atoms in total. The molecule has 1 N–H and O–H groups in total. The smallest absolute Gasteiger partial charge is 0.239 e. The Hall–Kier alpha value is -1.46. The fourth-order valence-corrected chi connectivity index (χ4v) is 2.51. The van der Waals surface area contributed by atoms with Gasteiger partial charge in [-0.3, -0.25) is 4.79 Å². The van der Waals surface area contributed by atoms with E-state index in [0.717, 1.165) is 17.5 Å². The van der Waals surface area contributed by atoms with Gasteiger partial charge in [-0.15, -0.1) is 0 Å². The van der Waals surface area contributed by atoms with Crippen molar-refractivity contribution in [3.8, 4) is 0 Å². The van der Waals surface area contributed by atoms with Crippen molar-refractivity contribution in [2.45, 2.75) is 26.3 Å². The average molecular weight is 294 g/mol. The van der Waals surface area contributed by atoms with Crippen molar-refractivity contribution >= 4 is 5.91 Å². The maximum absolute atomic E-state index is 13.0. The molecule has 1 aliphatic heterocycles. The summed E-state index contributed by atoms with van der Waals surface area (Å²) < 4.78 is 18.3. The summed E-state index contributed by atoms with van der Waals surface area (Å²) in [5.41, 5.74) is 2.05. The fraction of sp³-hybridized carbons (Fsp3) is 0.562. The second kappa shape index (κ2) is 7.52. The molecule has 1 amide bonds. The molecule has 5 heteroatoms.